The van der Waals surface area contributed by atoms with Crippen molar-refractivity contribution in [1.29, 1.82) is 0 Å². The number of carbonyl (C=O) groups excluding carboxylic acids is 1. The van der Waals surface area contributed by atoms with E-state index in [1.807, 2.05) is 13.0 Å². The molecule has 1 nitrogen and oxygen atoms in total. The average Bonchev–Trinajstić information content (AvgIpc) is 2.12. The zero-order chi connectivity index (χ0) is 9.47. The molecule has 0 aromatic heterocycles. The summed E-state index contributed by atoms with van der Waals surface area (Å²) in [6, 6.07) is 0. The van der Waals surface area contributed by atoms with Gasteiger partial charge in [-0.15, -0.1) is 0 Å². The summed E-state index contributed by atoms with van der Waals surface area (Å²) in [4.78, 5) is 11.4. The maximum Gasteiger partial charge on any atom is 0.162 e. The van der Waals surface area contributed by atoms with Crippen LogP contribution in [0.5, 0.6) is 0 Å². The molecule has 13 heavy (non-hydrogen) atoms. The van der Waals surface area contributed by atoms with Crippen LogP contribution in [-0.2, 0) is 4.79 Å². The number of allylic oxidation sites excluding steroid dienone is 6. The Balaban J connectivity index is 2.49. The monoisotopic (exact) mass is 174 g/mol. The van der Waals surface area contributed by atoms with Gasteiger partial charge in [-0.1, -0.05) is 38.2 Å². The highest BCUT2D eigenvalue weighted by Gasteiger charge is 2.35. The summed E-state index contributed by atoms with van der Waals surface area (Å²) < 4.78 is 0. The standard InChI is InChI=1S/C12H14O/c1-9-10-5-3-4-7-12(10,2)8-6-11(9)13/h3-6,8-9H,7H2,1-2H3. The fourth-order valence-electron chi connectivity index (χ4n) is 2.16. The fraction of sp³-hybridized carbons (Fsp3) is 0.417. The minimum Gasteiger partial charge on any atom is -0.294 e. The van der Waals surface area contributed by atoms with Crippen molar-refractivity contribution < 1.29 is 4.79 Å². The molecule has 0 aromatic rings. The van der Waals surface area contributed by atoms with Gasteiger partial charge < -0.3 is 0 Å². The number of ketones is 1. The first-order chi connectivity index (χ1) is 6.13. The maximum absolute atomic E-state index is 11.4. The molecule has 2 unspecified atom stereocenters. The summed E-state index contributed by atoms with van der Waals surface area (Å²) in [7, 11) is 0. The zero-order valence-electron chi connectivity index (χ0n) is 8.08. The third-order valence-electron chi connectivity index (χ3n) is 3.12. The van der Waals surface area contributed by atoms with Crippen LogP contribution in [0.3, 0.4) is 0 Å². The summed E-state index contributed by atoms with van der Waals surface area (Å²) in [5.74, 6) is 0.305. The van der Waals surface area contributed by atoms with E-state index in [1.54, 1.807) is 6.08 Å². The lowest BCUT2D eigenvalue weighted by molar-refractivity contribution is -0.117. The summed E-state index contributed by atoms with van der Waals surface area (Å²) in [6.45, 7) is 4.19. The molecule has 0 fully saturated rings. The van der Waals surface area contributed by atoms with E-state index in [9.17, 15) is 4.79 Å². The molecule has 2 aliphatic rings. The number of hydrogen-bond donors (Lipinski definition) is 0. The average molecular weight is 174 g/mol. The van der Waals surface area contributed by atoms with Gasteiger partial charge in [0, 0.05) is 11.3 Å². The van der Waals surface area contributed by atoms with Crippen LogP contribution >= 0.6 is 0 Å². The molecule has 2 aliphatic carbocycles. The normalized spacial score (nSPS) is 37.2. The fourth-order valence-corrected chi connectivity index (χ4v) is 2.16. The zero-order valence-corrected chi connectivity index (χ0v) is 8.08. The molecule has 0 heterocycles. The Hall–Kier alpha value is -1.11. The molecule has 2 rings (SSSR count). The lowest BCUT2D eigenvalue weighted by atomic mass is 9.67. The van der Waals surface area contributed by atoms with Gasteiger partial charge in [0.15, 0.2) is 5.78 Å². The lowest BCUT2D eigenvalue weighted by Crippen LogP contribution is -2.30. The van der Waals surface area contributed by atoms with Crippen molar-refractivity contribution >= 4 is 5.78 Å². The van der Waals surface area contributed by atoms with E-state index in [1.165, 1.54) is 5.57 Å². The van der Waals surface area contributed by atoms with Gasteiger partial charge in [0.25, 0.3) is 0 Å². The van der Waals surface area contributed by atoms with Gasteiger partial charge >= 0.3 is 0 Å². The molecule has 0 bridgehead atoms. The number of fused-ring (bicyclic) bond motifs is 1. The predicted molar refractivity (Wildman–Crippen MR) is 53.3 cm³/mol. The number of hydrogen-bond acceptors (Lipinski definition) is 1. The molecular formula is C12H14O. The number of rotatable bonds is 0. The van der Waals surface area contributed by atoms with Crippen LogP contribution in [0.25, 0.3) is 0 Å². The van der Waals surface area contributed by atoms with Gasteiger partial charge in [0.05, 0.1) is 0 Å². The second-order valence-corrected chi connectivity index (χ2v) is 4.13. The minimum atomic E-state index is 0.0694. The molecule has 0 spiro atoms. The smallest absolute Gasteiger partial charge is 0.162 e. The van der Waals surface area contributed by atoms with Crippen molar-refractivity contribution in [2.45, 2.75) is 20.3 Å². The van der Waals surface area contributed by atoms with Gasteiger partial charge in [0.2, 0.25) is 0 Å². The molecule has 0 radical (unpaired) electrons. The van der Waals surface area contributed by atoms with Crippen LogP contribution in [0.4, 0.5) is 0 Å². The van der Waals surface area contributed by atoms with Crippen LogP contribution in [0.2, 0.25) is 0 Å². The molecule has 0 aromatic carbocycles. The molecule has 68 valence electrons. The van der Waals surface area contributed by atoms with Gasteiger partial charge in [-0.2, -0.15) is 0 Å². The van der Waals surface area contributed by atoms with Crippen molar-refractivity contribution in [1.82, 2.24) is 0 Å². The quantitative estimate of drug-likeness (QED) is 0.551. The first-order valence-corrected chi connectivity index (χ1v) is 4.74. The summed E-state index contributed by atoms with van der Waals surface area (Å²) in [5.41, 5.74) is 1.37. The van der Waals surface area contributed by atoms with Crippen LogP contribution in [-0.4, -0.2) is 5.78 Å². The third-order valence-corrected chi connectivity index (χ3v) is 3.12. The lowest BCUT2D eigenvalue weighted by Gasteiger charge is -2.36. The van der Waals surface area contributed by atoms with Crippen LogP contribution < -0.4 is 0 Å². The third kappa shape index (κ3) is 1.19. The van der Waals surface area contributed by atoms with Gasteiger partial charge in [0.1, 0.15) is 0 Å². The molecule has 2 atom stereocenters. The largest absolute Gasteiger partial charge is 0.294 e. The van der Waals surface area contributed by atoms with E-state index < -0.39 is 0 Å². The molecule has 0 amide bonds. The molecular weight excluding hydrogens is 160 g/mol. The van der Waals surface area contributed by atoms with E-state index in [0.717, 1.165) is 6.42 Å². The first-order valence-electron chi connectivity index (χ1n) is 4.74. The topological polar surface area (TPSA) is 17.1 Å². The van der Waals surface area contributed by atoms with E-state index in [4.69, 9.17) is 0 Å². The van der Waals surface area contributed by atoms with Crippen molar-refractivity contribution in [2.24, 2.45) is 11.3 Å². The minimum absolute atomic E-state index is 0.0694. The van der Waals surface area contributed by atoms with Gasteiger partial charge in [-0.3, -0.25) is 4.79 Å². The highest BCUT2D eigenvalue weighted by molar-refractivity contribution is 5.95. The predicted octanol–water partition coefficient (Wildman–Crippen LogP) is 2.65. The van der Waals surface area contributed by atoms with E-state index in [2.05, 4.69) is 25.2 Å². The van der Waals surface area contributed by atoms with Crippen molar-refractivity contribution in [3.05, 3.63) is 36.0 Å². The summed E-state index contributed by atoms with van der Waals surface area (Å²) >= 11 is 0. The molecule has 0 aliphatic heterocycles. The van der Waals surface area contributed by atoms with Crippen molar-refractivity contribution in [3.63, 3.8) is 0 Å². The van der Waals surface area contributed by atoms with Crippen LogP contribution in [0, 0.1) is 11.3 Å². The Bertz CT molecular complexity index is 333. The highest BCUT2D eigenvalue weighted by Crippen LogP contribution is 2.42. The number of carbonyl (C=O) groups is 1. The Morgan fingerprint density at radius 2 is 2.31 bits per heavy atom. The Morgan fingerprint density at radius 3 is 3.08 bits per heavy atom. The summed E-state index contributed by atoms with van der Waals surface area (Å²) in [6.07, 6.45) is 11.1. The molecule has 0 saturated carbocycles. The highest BCUT2D eigenvalue weighted by atomic mass is 16.1. The van der Waals surface area contributed by atoms with Crippen molar-refractivity contribution in [3.8, 4) is 0 Å². The molecule has 1 heteroatoms. The second-order valence-electron chi connectivity index (χ2n) is 4.13. The SMILES string of the molecule is CC1C(=O)C=CC2(C)CC=CC=C12. The first kappa shape index (κ1) is 8.49. The van der Waals surface area contributed by atoms with Gasteiger partial charge in [-0.05, 0) is 18.1 Å². The Kier molecular flexibility index (Phi) is 1.76. The van der Waals surface area contributed by atoms with Crippen LogP contribution in [0.15, 0.2) is 36.0 Å². The van der Waals surface area contributed by atoms with E-state index >= 15 is 0 Å². The maximum atomic E-state index is 11.4. The summed E-state index contributed by atoms with van der Waals surface area (Å²) in [5, 5.41) is 0. The van der Waals surface area contributed by atoms with Crippen LogP contribution in [0.1, 0.15) is 20.3 Å². The van der Waals surface area contributed by atoms with E-state index in [0.29, 0.717) is 0 Å². The second kappa shape index (κ2) is 2.69. The molecule has 0 saturated heterocycles. The van der Waals surface area contributed by atoms with E-state index in [-0.39, 0.29) is 17.1 Å². The Morgan fingerprint density at radius 1 is 1.54 bits per heavy atom. The van der Waals surface area contributed by atoms with Gasteiger partial charge in [-0.25, -0.2) is 0 Å². The molecule has 0 N–H and O–H groups in total. The Labute approximate surface area is 78.8 Å². The van der Waals surface area contributed by atoms with Crippen molar-refractivity contribution in [2.75, 3.05) is 0 Å².